The van der Waals surface area contributed by atoms with Crippen molar-refractivity contribution < 1.29 is 14.7 Å². The first-order chi connectivity index (χ1) is 8.99. The molecule has 2 rings (SSSR count). The quantitative estimate of drug-likeness (QED) is 0.794. The van der Waals surface area contributed by atoms with E-state index in [4.69, 9.17) is 10.8 Å². The summed E-state index contributed by atoms with van der Waals surface area (Å²) in [7, 11) is 0. The van der Waals surface area contributed by atoms with Gasteiger partial charge in [0.1, 0.15) is 0 Å². The van der Waals surface area contributed by atoms with Crippen molar-refractivity contribution in [3.05, 3.63) is 28.2 Å². The number of amides is 1. The van der Waals surface area contributed by atoms with E-state index in [0.29, 0.717) is 16.6 Å². The molecule has 0 radical (unpaired) electrons. The number of aromatic carboxylic acids is 1. The monoisotopic (exact) mass is 326 g/mol. The molecule has 1 aromatic rings. The van der Waals surface area contributed by atoms with Crippen molar-refractivity contribution in [2.24, 2.45) is 11.7 Å². The first kappa shape index (κ1) is 14.0. The molecule has 4 N–H and O–H groups in total. The van der Waals surface area contributed by atoms with E-state index >= 15 is 0 Å². The summed E-state index contributed by atoms with van der Waals surface area (Å²) in [4.78, 5) is 23.2. The Morgan fingerprint density at radius 2 is 2.11 bits per heavy atom. The highest BCUT2D eigenvalue weighted by atomic mass is 79.9. The molecule has 19 heavy (non-hydrogen) atoms. The van der Waals surface area contributed by atoms with Crippen LogP contribution in [0.2, 0.25) is 0 Å². The van der Waals surface area contributed by atoms with E-state index in [1.165, 1.54) is 6.07 Å². The van der Waals surface area contributed by atoms with Gasteiger partial charge in [-0.05, 0) is 47.3 Å². The number of carbonyl (C=O) groups is 2. The van der Waals surface area contributed by atoms with Crippen LogP contribution in [0.5, 0.6) is 0 Å². The zero-order valence-electron chi connectivity index (χ0n) is 10.2. The fraction of sp³-hybridized carbons (Fsp3) is 0.385. The van der Waals surface area contributed by atoms with E-state index in [1.54, 1.807) is 12.1 Å². The van der Waals surface area contributed by atoms with Gasteiger partial charge in [0.25, 0.3) is 0 Å². The lowest BCUT2D eigenvalue weighted by molar-refractivity contribution is -0.119. The molecule has 102 valence electrons. The molecule has 6 heteroatoms. The van der Waals surface area contributed by atoms with Crippen LogP contribution in [0.1, 0.15) is 29.6 Å². The number of nitrogens with two attached hydrogens (primary N) is 1. The summed E-state index contributed by atoms with van der Waals surface area (Å²) in [5.41, 5.74) is 6.16. The zero-order chi connectivity index (χ0) is 14.0. The Hall–Kier alpha value is -1.40. The van der Waals surface area contributed by atoms with Crippen LogP contribution in [0, 0.1) is 5.92 Å². The van der Waals surface area contributed by atoms with Crippen LogP contribution < -0.4 is 11.1 Å². The number of anilines is 1. The molecule has 1 aliphatic rings. The van der Waals surface area contributed by atoms with E-state index in [1.807, 2.05) is 0 Å². The lowest BCUT2D eigenvalue weighted by Gasteiger charge is -2.14. The molecular formula is C13H15BrN2O3. The average Bonchev–Trinajstić information content (AvgIpc) is 2.78. The van der Waals surface area contributed by atoms with Crippen molar-refractivity contribution in [1.82, 2.24) is 0 Å². The highest BCUT2D eigenvalue weighted by molar-refractivity contribution is 9.10. The van der Waals surface area contributed by atoms with Gasteiger partial charge in [0.05, 0.1) is 11.3 Å². The third-order valence-corrected chi connectivity index (χ3v) is 4.00. The van der Waals surface area contributed by atoms with Crippen molar-refractivity contribution in [2.45, 2.75) is 25.3 Å². The van der Waals surface area contributed by atoms with E-state index < -0.39 is 5.97 Å². The van der Waals surface area contributed by atoms with Crippen LogP contribution in [0.4, 0.5) is 5.69 Å². The summed E-state index contributed by atoms with van der Waals surface area (Å²) < 4.78 is 0.558. The van der Waals surface area contributed by atoms with Crippen LogP contribution >= 0.6 is 15.9 Å². The van der Waals surface area contributed by atoms with Gasteiger partial charge in [0.15, 0.2) is 0 Å². The highest BCUT2D eigenvalue weighted by Gasteiger charge is 2.28. The number of nitrogens with one attached hydrogen (secondary N) is 1. The first-order valence-corrected chi connectivity index (χ1v) is 6.86. The van der Waals surface area contributed by atoms with Gasteiger partial charge in [0.2, 0.25) is 5.91 Å². The molecule has 5 nitrogen and oxygen atoms in total. The Kier molecular flexibility index (Phi) is 4.21. The molecule has 1 saturated carbocycles. The van der Waals surface area contributed by atoms with Gasteiger partial charge < -0.3 is 16.2 Å². The predicted octanol–water partition coefficient (Wildman–Crippen LogP) is 2.21. The topological polar surface area (TPSA) is 92.4 Å². The molecule has 1 aliphatic carbocycles. The van der Waals surface area contributed by atoms with Crippen molar-refractivity contribution in [3.63, 3.8) is 0 Å². The highest BCUT2D eigenvalue weighted by Crippen LogP contribution is 2.30. The molecule has 0 bridgehead atoms. The molecule has 1 amide bonds. The molecular weight excluding hydrogens is 312 g/mol. The smallest absolute Gasteiger partial charge is 0.337 e. The normalized spacial score (nSPS) is 22.2. The number of carboxylic acid groups (broad SMARTS) is 1. The number of hydrogen-bond acceptors (Lipinski definition) is 3. The zero-order valence-corrected chi connectivity index (χ0v) is 11.8. The maximum absolute atomic E-state index is 12.1. The summed E-state index contributed by atoms with van der Waals surface area (Å²) in [6.45, 7) is 0. The van der Waals surface area contributed by atoms with Crippen molar-refractivity contribution >= 4 is 33.5 Å². The number of carbonyl (C=O) groups excluding carboxylic acids is 1. The fourth-order valence-electron chi connectivity index (χ4n) is 2.31. The number of carboxylic acids is 1. The minimum Gasteiger partial charge on any atom is -0.478 e. The molecule has 1 aromatic carbocycles. The maximum Gasteiger partial charge on any atom is 0.337 e. The summed E-state index contributed by atoms with van der Waals surface area (Å²) in [5, 5.41) is 11.8. The molecule has 2 atom stereocenters. The number of para-hydroxylation sites is 1. The third kappa shape index (κ3) is 3.13. The van der Waals surface area contributed by atoms with Crippen LogP contribution in [0.25, 0.3) is 0 Å². The molecule has 0 heterocycles. The summed E-state index contributed by atoms with van der Waals surface area (Å²) in [5.74, 6) is -1.37. The van der Waals surface area contributed by atoms with Gasteiger partial charge in [-0.2, -0.15) is 0 Å². The van der Waals surface area contributed by atoms with E-state index in [0.717, 1.165) is 12.8 Å². The minimum absolute atomic E-state index is 0.0638. The van der Waals surface area contributed by atoms with Gasteiger partial charge >= 0.3 is 5.97 Å². The van der Waals surface area contributed by atoms with Crippen molar-refractivity contribution in [3.8, 4) is 0 Å². The standard InChI is InChI=1S/C13H15BrN2O3/c14-10-3-1-2-9(13(18)19)11(10)16-12(17)7-4-5-8(15)6-7/h1-3,7-8H,4-6,15H2,(H,16,17)(H,18,19). The molecule has 1 fully saturated rings. The number of benzene rings is 1. The summed E-state index contributed by atoms with van der Waals surface area (Å²) >= 11 is 3.26. The molecule has 0 aromatic heterocycles. The van der Waals surface area contributed by atoms with Crippen molar-refractivity contribution in [2.75, 3.05) is 5.32 Å². The average molecular weight is 327 g/mol. The van der Waals surface area contributed by atoms with Crippen molar-refractivity contribution in [1.29, 1.82) is 0 Å². The predicted molar refractivity (Wildman–Crippen MR) is 75.0 cm³/mol. The fourth-order valence-corrected chi connectivity index (χ4v) is 2.77. The van der Waals surface area contributed by atoms with Crippen LogP contribution in [-0.4, -0.2) is 23.0 Å². The Balaban J connectivity index is 2.19. The van der Waals surface area contributed by atoms with E-state index in [2.05, 4.69) is 21.2 Å². The molecule has 0 aliphatic heterocycles. The summed E-state index contributed by atoms with van der Waals surface area (Å²) in [6.07, 6.45) is 2.23. The molecule has 0 spiro atoms. The second-order valence-corrected chi connectivity index (χ2v) is 5.58. The Morgan fingerprint density at radius 1 is 1.37 bits per heavy atom. The Morgan fingerprint density at radius 3 is 2.68 bits per heavy atom. The largest absolute Gasteiger partial charge is 0.478 e. The van der Waals surface area contributed by atoms with E-state index in [9.17, 15) is 9.59 Å². The Bertz CT molecular complexity index is 519. The maximum atomic E-state index is 12.1. The van der Waals surface area contributed by atoms with Crippen LogP contribution in [-0.2, 0) is 4.79 Å². The molecule has 0 saturated heterocycles. The number of hydrogen-bond donors (Lipinski definition) is 3. The number of halogens is 1. The van der Waals surface area contributed by atoms with Crippen LogP contribution in [0.15, 0.2) is 22.7 Å². The van der Waals surface area contributed by atoms with Gasteiger partial charge in [-0.3, -0.25) is 4.79 Å². The third-order valence-electron chi connectivity index (χ3n) is 3.34. The summed E-state index contributed by atoms with van der Waals surface area (Å²) in [6, 6.07) is 4.84. The van der Waals surface area contributed by atoms with Gasteiger partial charge in [-0.1, -0.05) is 6.07 Å². The van der Waals surface area contributed by atoms with E-state index in [-0.39, 0.29) is 23.4 Å². The van der Waals surface area contributed by atoms with Crippen LogP contribution in [0.3, 0.4) is 0 Å². The Labute approximate surface area is 119 Å². The van der Waals surface area contributed by atoms with Gasteiger partial charge in [-0.15, -0.1) is 0 Å². The van der Waals surface area contributed by atoms with Gasteiger partial charge in [0, 0.05) is 16.4 Å². The minimum atomic E-state index is -1.07. The second-order valence-electron chi connectivity index (χ2n) is 4.73. The lowest BCUT2D eigenvalue weighted by atomic mass is 10.1. The first-order valence-electron chi connectivity index (χ1n) is 6.07. The lowest BCUT2D eigenvalue weighted by Crippen LogP contribution is -2.24. The second kappa shape index (κ2) is 5.71. The SMILES string of the molecule is NC1CCC(C(=O)Nc2c(Br)cccc2C(=O)O)C1. The number of rotatable bonds is 3. The molecule has 2 unspecified atom stereocenters. The van der Waals surface area contributed by atoms with Gasteiger partial charge in [-0.25, -0.2) is 4.79 Å².